The molecule has 6 heteroatoms. The third-order valence-electron chi connectivity index (χ3n) is 3.15. The summed E-state index contributed by atoms with van der Waals surface area (Å²) in [6.07, 6.45) is 2.01. The minimum Gasteiger partial charge on any atom is -0.399 e. The molecule has 1 heterocycles. The molecule has 5 nitrogen and oxygen atoms in total. The molecule has 0 fully saturated rings. The lowest BCUT2D eigenvalue weighted by molar-refractivity contribution is 0.102. The van der Waals surface area contributed by atoms with E-state index in [4.69, 9.17) is 5.73 Å². The summed E-state index contributed by atoms with van der Waals surface area (Å²) in [6, 6.07) is 13.0. The van der Waals surface area contributed by atoms with E-state index in [0.29, 0.717) is 16.8 Å². The number of aromatic nitrogens is 2. The number of aromatic amines is 1. The van der Waals surface area contributed by atoms with E-state index in [1.54, 1.807) is 23.9 Å². The first-order valence-electron chi connectivity index (χ1n) is 6.36. The van der Waals surface area contributed by atoms with Crippen LogP contribution in [0, 0.1) is 0 Å². The largest absolute Gasteiger partial charge is 0.399 e. The predicted molar refractivity (Wildman–Crippen MR) is 86.7 cm³/mol. The summed E-state index contributed by atoms with van der Waals surface area (Å²) in [5, 5.41) is 10.5. The molecule has 4 N–H and O–H groups in total. The van der Waals surface area contributed by atoms with Gasteiger partial charge in [-0.2, -0.15) is 5.10 Å². The SMILES string of the molecule is CSc1ccc(NC(=O)c2n[nH]c3ccc(N)cc23)cc1. The van der Waals surface area contributed by atoms with E-state index in [9.17, 15) is 4.79 Å². The average molecular weight is 298 g/mol. The van der Waals surface area contributed by atoms with Gasteiger partial charge in [-0.1, -0.05) is 0 Å². The molecule has 0 radical (unpaired) electrons. The Labute approximate surface area is 125 Å². The Hall–Kier alpha value is -2.47. The van der Waals surface area contributed by atoms with Gasteiger partial charge in [0.1, 0.15) is 0 Å². The third-order valence-corrected chi connectivity index (χ3v) is 3.89. The van der Waals surface area contributed by atoms with Crippen molar-refractivity contribution in [3.05, 3.63) is 48.2 Å². The molecule has 0 aliphatic rings. The Morgan fingerprint density at radius 3 is 2.71 bits per heavy atom. The van der Waals surface area contributed by atoms with Gasteiger partial charge in [-0.3, -0.25) is 9.89 Å². The first kappa shape index (κ1) is 13.5. The number of rotatable bonds is 3. The molecule has 106 valence electrons. The van der Waals surface area contributed by atoms with Crippen LogP contribution < -0.4 is 11.1 Å². The molecular formula is C15H14N4OS. The van der Waals surface area contributed by atoms with Crippen LogP contribution in [0.15, 0.2) is 47.4 Å². The number of nitrogens with two attached hydrogens (primary N) is 1. The highest BCUT2D eigenvalue weighted by Crippen LogP contribution is 2.21. The minimum absolute atomic E-state index is 0.260. The number of carbonyl (C=O) groups excluding carboxylic acids is 1. The Balaban J connectivity index is 1.87. The van der Waals surface area contributed by atoms with E-state index in [1.807, 2.05) is 36.6 Å². The summed E-state index contributed by atoms with van der Waals surface area (Å²) < 4.78 is 0. The van der Waals surface area contributed by atoms with Crippen LogP contribution in [0.3, 0.4) is 0 Å². The second-order valence-electron chi connectivity index (χ2n) is 4.56. The smallest absolute Gasteiger partial charge is 0.276 e. The maximum absolute atomic E-state index is 12.3. The summed E-state index contributed by atoms with van der Waals surface area (Å²) >= 11 is 1.65. The Morgan fingerprint density at radius 1 is 1.24 bits per heavy atom. The second kappa shape index (κ2) is 5.49. The van der Waals surface area contributed by atoms with Crippen LogP contribution in [0.4, 0.5) is 11.4 Å². The zero-order chi connectivity index (χ0) is 14.8. The van der Waals surface area contributed by atoms with Crippen molar-refractivity contribution in [1.82, 2.24) is 10.2 Å². The third kappa shape index (κ3) is 2.71. The lowest BCUT2D eigenvalue weighted by atomic mass is 10.2. The molecule has 0 saturated heterocycles. The van der Waals surface area contributed by atoms with E-state index in [1.165, 1.54) is 0 Å². The molecule has 1 aromatic heterocycles. The Bertz CT molecular complexity index is 795. The summed E-state index contributed by atoms with van der Waals surface area (Å²) in [4.78, 5) is 13.5. The molecule has 21 heavy (non-hydrogen) atoms. The molecule has 0 aliphatic carbocycles. The van der Waals surface area contributed by atoms with Crippen molar-refractivity contribution in [3.63, 3.8) is 0 Å². The highest BCUT2D eigenvalue weighted by Gasteiger charge is 2.14. The molecule has 0 unspecified atom stereocenters. The molecule has 2 aromatic carbocycles. The highest BCUT2D eigenvalue weighted by molar-refractivity contribution is 7.98. The zero-order valence-corrected chi connectivity index (χ0v) is 12.2. The number of thioether (sulfide) groups is 1. The van der Waals surface area contributed by atoms with Crippen LogP contribution >= 0.6 is 11.8 Å². The summed E-state index contributed by atoms with van der Waals surface area (Å²) in [7, 11) is 0. The number of nitrogens with one attached hydrogen (secondary N) is 2. The van der Waals surface area contributed by atoms with Crippen LogP contribution in [-0.2, 0) is 0 Å². The molecule has 0 atom stereocenters. The van der Waals surface area contributed by atoms with Crippen LogP contribution in [0.1, 0.15) is 10.5 Å². The minimum atomic E-state index is -0.260. The number of H-pyrrole nitrogens is 1. The van der Waals surface area contributed by atoms with Crippen molar-refractivity contribution < 1.29 is 4.79 Å². The molecule has 0 spiro atoms. The number of anilines is 2. The molecule has 1 amide bonds. The van der Waals surface area contributed by atoms with Gasteiger partial charge >= 0.3 is 0 Å². The van der Waals surface area contributed by atoms with Gasteiger partial charge in [-0.25, -0.2) is 0 Å². The number of carbonyl (C=O) groups is 1. The number of amides is 1. The number of fused-ring (bicyclic) bond motifs is 1. The normalized spacial score (nSPS) is 10.7. The second-order valence-corrected chi connectivity index (χ2v) is 5.44. The Kier molecular flexibility index (Phi) is 3.53. The molecule has 3 rings (SSSR count). The Morgan fingerprint density at radius 2 is 2.00 bits per heavy atom. The van der Waals surface area contributed by atoms with Gasteiger partial charge in [0, 0.05) is 21.7 Å². The van der Waals surface area contributed by atoms with E-state index in [-0.39, 0.29) is 5.91 Å². The first-order chi connectivity index (χ1) is 10.2. The molecule has 0 aliphatic heterocycles. The lowest BCUT2D eigenvalue weighted by Gasteiger charge is -2.04. The van der Waals surface area contributed by atoms with E-state index < -0.39 is 0 Å². The first-order valence-corrected chi connectivity index (χ1v) is 7.59. The van der Waals surface area contributed by atoms with Crippen LogP contribution in [0.2, 0.25) is 0 Å². The highest BCUT2D eigenvalue weighted by atomic mass is 32.2. The van der Waals surface area contributed by atoms with Gasteiger partial charge < -0.3 is 11.1 Å². The van der Waals surface area contributed by atoms with Crippen LogP contribution in [-0.4, -0.2) is 22.4 Å². The van der Waals surface area contributed by atoms with E-state index in [2.05, 4.69) is 15.5 Å². The fourth-order valence-electron chi connectivity index (χ4n) is 2.07. The average Bonchev–Trinajstić information content (AvgIpc) is 2.91. The van der Waals surface area contributed by atoms with E-state index in [0.717, 1.165) is 16.1 Å². The van der Waals surface area contributed by atoms with Crippen molar-refractivity contribution in [2.24, 2.45) is 0 Å². The fourth-order valence-corrected chi connectivity index (χ4v) is 2.48. The van der Waals surface area contributed by atoms with Gasteiger partial charge in [0.05, 0.1) is 5.52 Å². The summed E-state index contributed by atoms with van der Waals surface area (Å²) in [5.74, 6) is -0.260. The van der Waals surface area contributed by atoms with Crippen molar-refractivity contribution in [3.8, 4) is 0 Å². The number of benzene rings is 2. The quantitative estimate of drug-likeness (QED) is 0.512. The standard InChI is InChI=1S/C15H14N4OS/c1-21-11-5-3-10(4-6-11)17-15(20)14-12-8-9(16)2-7-13(12)18-19-14/h2-8H,16H2,1H3,(H,17,20)(H,18,19). The van der Waals surface area contributed by atoms with Gasteiger partial charge in [0.25, 0.3) is 5.91 Å². The molecular weight excluding hydrogens is 284 g/mol. The zero-order valence-electron chi connectivity index (χ0n) is 11.4. The van der Waals surface area contributed by atoms with E-state index >= 15 is 0 Å². The van der Waals surface area contributed by atoms with Crippen LogP contribution in [0.5, 0.6) is 0 Å². The lowest BCUT2D eigenvalue weighted by Crippen LogP contribution is -2.12. The summed E-state index contributed by atoms with van der Waals surface area (Å²) in [6.45, 7) is 0. The van der Waals surface area contributed by atoms with Gasteiger partial charge in [-0.05, 0) is 48.7 Å². The fraction of sp³-hybridized carbons (Fsp3) is 0.0667. The van der Waals surface area contributed by atoms with Crippen molar-refractivity contribution in [2.75, 3.05) is 17.3 Å². The maximum Gasteiger partial charge on any atom is 0.276 e. The molecule has 3 aromatic rings. The van der Waals surface area contributed by atoms with Crippen molar-refractivity contribution in [2.45, 2.75) is 4.90 Å². The topological polar surface area (TPSA) is 83.8 Å². The number of nitrogen functional groups attached to an aromatic ring is 1. The van der Waals surface area contributed by atoms with Crippen molar-refractivity contribution in [1.29, 1.82) is 0 Å². The number of hydrogen-bond acceptors (Lipinski definition) is 4. The van der Waals surface area contributed by atoms with Gasteiger partial charge in [0.2, 0.25) is 0 Å². The number of nitrogens with zero attached hydrogens (tertiary/aromatic N) is 1. The monoisotopic (exact) mass is 298 g/mol. The van der Waals surface area contributed by atoms with Crippen LogP contribution in [0.25, 0.3) is 10.9 Å². The number of hydrogen-bond donors (Lipinski definition) is 3. The molecule has 0 saturated carbocycles. The summed E-state index contributed by atoms with van der Waals surface area (Å²) in [5.41, 5.74) is 8.22. The van der Waals surface area contributed by atoms with Gasteiger partial charge in [0.15, 0.2) is 5.69 Å². The molecule has 0 bridgehead atoms. The van der Waals surface area contributed by atoms with Gasteiger partial charge in [-0.15, -0.1) is 11.8 Å². The van der Waals surface area contributed by atoms with Crippen molar-refractivity contribution >= 4 is 39.9 Å². The maximum atomic E-state index is 12.3. The predicted octanol–water partition coefficient (Wildman–Crippen LogP) is 3.12.